The van der Waals surface area contributed by atoms with Gasteiger partial charge in [0.25, 0.3) is 0 Å². The number of benzene rings is 2. The predicted molar refractivity (Wildman–Crippen MR) is 74.3 cm³/mol. The Morgan fingerprint density at radius 3 is 2.44 bits per heavy atom. The fourth-order valence-corrected chi connectivity index (χ4v) is 2.03. The van der Waals surface area contributed by atoms with Crippen LogP contribution in [0.4, 0.5) is 4.39 Å². The van der Waals surface area contributed by atoms with Crippen LogP contribution in [0.5, 0.6) is 0 Å². The van der Waals surface area contributed by atoms with Crippen LogP contribution in [0.2, 0.25) is 5.02 Å². The first-order valence-electron chi connectivity index (χ1n) is 5.81. The molecule has 0 saturated carbocycles. The number of hydrogen-bond acceptors (Lipinski definition) is 1. The maximum Gasteiger partial charge on any atom is 0.127 e. The lowest BCUT2D eigenvalue weighted by Gasteiger charge is -2.08. The summed E-state index contributed by atoms with van der Waals surface area (Å²) in [5, 5.41) is 3.69. The second-order valence-corrected chi connectivity index (χ2v) is 4.71. The van der Waals surface area contributed by atoms with Gasteiger partial charge in [-0.3, -0.25) is 0 Å². The molecule has 0 atom stereocenters. The SMILES string of the molecule is CNCc1cc(-c2ccc(C)c(Cl)c2)ccc1F. The van der Waals surface area contributed by atoms with Crippen LogP contribution >= 0.6 is 11.6 Å². The largest absolute Gasteiger partial charge is 0.316 e. The molecule has 0 heterocycles. The fourth-order valence-electron chi connectivity index (χ4n) is 1.85. The van der Waals surface area contributed by atoms with Crippen LogP contribution in [0.15, 0.2) is 36.4 Å². The molecule has 0 aromatic heterocycles. The average molecular weight is 264 g/mol. The van der Waals surface area contributed by atoms with Gasteiger partial charge in [0.15, 0.2) is 0 Å². The summed E-state index contributed by atoms with van der Waals surface area (Å²) in [6, 6.07) is 11.0. The zero-order chi connectivity index (χ0) is 13.1. The number of hydrogen-bond donors (Lipinski definition) is 1. The molecule has 2 aromatic carbocycles. The van der Waals surface area contributed by atoms with Crippen molar-refractivity contribution in [3.8, 4) is 11.1 Å². The molecule has 0 fully saturated rings. The Labute approximate surface area is 112 Å². The molecule has 0 aliphatic carbocycles. The fraction of sp³-hybridized carbons (Fsp3) is 0.200. The first-order valence-corrected chi connectivity index (χ1v) is 6.19. The molecule has 2 rings (SSSR count). The van der Waals surface area contributed by atoms with E-state index in [1.165, 1.54) is 6.07 Å². The topological polar surface area (TPSA) is 12.0 Å². The van der Waals surface area contributed by atoms with Crippen molar-refractivity contribution in [2.45, 2.75) is 13.5 Å². The minimum absolute atomic E-state index is 0.189. The Morgan fingerprint density at radius 2 is 1.78 bits per heavy atom. The van der Waals surface area contributed by atoms with E-state index in [1.807, 2.05) is 31.2 Å². The van der Waals surface area contributed by atoms with Crippen LogP contribution in [-0.4, -0.2) is 7.05 Å². The summed E-state index contributed by atoms with van der Waals surface area (Å²) < 4.78 is 13.5. The van der Waals surface area contributed by atoms with Crippen LogP contribution in [-0.2, 0) is 6.54 Å². The van der Waals surface area contributed by atoms with Crippen molar-refractivity contribution in [2.75, 3.05) is 7.05 Å². The summed E-state index contributed by atoms with van der Waals surface area (Å²) in [6.45, 7) is 2.47. The Balaban J connectivity index is 2.44. The molecular weight excluding hydrogens is 249 g/mol. The zero-order valence-electron chi connectivity index (χ0n) is 10.4. The standard InChI is InChI=1S/C15H15ClFN/c1-10-3-4-12(8-14(10)16)11-5-6-15(17)13(7-11)9-18-2/h3-8,18H,9H2,1-2H3. The van der Waals surface area contributed by atoms with E-state index in [4.69, 9.17) is 11.6 Å². The van der Waals surface area contributed by atoms with Crippen molar-refractivity contribution in [2.24, 2.45) is 0 Å². The highest BCUT2D eigenvalue weighted by Crippen LogP contribution is 2.26. The summed E-state index contributed by atoms with van der Waals surface area (Å²) >= 11 is 6.11. The van der Waals surface area contributed by atoms with Gasteiger partial charge >= 0.3 is 0 Å². The van der Waals surface area contributed by atoms with Crippen molar-refractivity contribution in [1.82, 2.24) is 5.32 Å². The van der Waals surface area contributed by atoms with Crippen molar-refractivity contribution >= 4 is 11.6 Å². The quantitative estimate of drug-likeness (QED) is 0.876. The van der Waals surface area contributed by atoms with Gasteiger partial charge in [-0.25, -0.2) is 4.39 Å². The van der Waals surface area contributed by atoms with Crippen LogP contribution in [0.3, 0.4) is 0 Å². The number of rotatable bonds is 3. The molecule has 1 nitrogen and oxygen atoms in total. The van der Waals surface area contributed by atoms with E-state index < -0.39 is 0 Å². The number of halogens is 2. The molecule has 0 unspecified atom stereocenters. The van der Waals surface area contributed by atoms with Crippen molar-refractivity contribution in [1.29, 1.82) is 0 Å². The number of aryl methyl sites for hydroxylation is 1. The second-order valence-electron chi connectivity index (χ2n) is 4.30. The second kappa shape index (κ2) is 5.51. The van der Waals surface area contributed by atoms with E-state index in [0.29, 0.717) is 12.1 Å². The zero-order valence-corrected chi connectivity index (χ0v) is 11.2. The van der Waals surface area contributed by atoms with E-state index in [0.717, 1.165) is 21.7 Å². The smallest absolute Gasteiger partial charge is 0.127 e. The molecule has 94 valence electrons. The molecule has 1 N–H and O–H groups in total. The van der Waals surface area contributed by atoms with Crippen LogP contribution in [0.25, 0.3) is 11.1 Å². The van der Waals surface area contributed by atoms with Gasteiger partial charge in [0, 0.05) is 17.1 Å². The Morgan fingerprint density at radius 1 is 1.11 bits per heavy atom. The van der Waals surface area contributed by atoms with E-state index in [1.54, 1.807) is 13.1 Å². The third-order valence-corrected chi connectivity index (χ3v) is 3.33. The van der Waals surface area contributed by atoms with Gasteiger partial charge in [-0.1, -0.05) is 29.8 Å². The van der Waals surface area contributed by atoms with E-state index in [-0.39, 0.29) is 5.82 Å². The minimum atomic E-state index is -0.189. The summed E-state index contributed by atoms with van der Waals surface area (Å²) in [5.74, 6) is -0.189. The van der Waals surface area contributed by atoms with Gasteiger partial charge in [0.2, 0.25) is 0 Å². The summed E-state index contributed by atoms with van der Waals surface area (Å²) in [7, 11) is 1.80. The Hall–Kier alpha value is -1.38. The Kier molecular flexibility index (Phi) is 4.00. The molecular formula is C15H15ClFN. The van der Waals surface area contributed by atoms with Gasteiger partial charge in [0.05, 0.1) is 0 Å². The summed E-state index contributed by atoms with van der Waals surface area (Å²) in [4.78, 5) is 0. The third kappa shape index (κ3) is 2.71. The lowest BCUT2D eigenvalue weighted by molar-refractivity contribution is 0.601. The molecule has 2 aromatic rings. The maximum atomic E-state index is 13.5. The van der Waals surface area contributed by atoms with Gasteiger partial charge in [0.1, 0.15) is 5.82 Å². The molecule has 0 radical (unpaired) electrons. The van der Waals surface area contributed by atoms with Crippen molar-refractivity contribution < 1.29 is 4.39 Å². The third-order valence-electron chi connectivity index (χ3n) is 2.92. The lowest BCUT2D eigenvalue weighted by atomic mass is 10.0. The summed E-state index contributed by atoms with van der Waals surface area (Å²) in [6.07, 6.45) is 0. The molecule has 0 spiro atoms. The van der Waals surface area contributed by atoms with E-state index in [2.05, 4.69) is 5.32 Å². The first kappa shape index (κ1) is 13.1. The minimum Gasteiger partial charge on any atom is -0.316 e. The molecule has 3 heteroatoms. The lowest BCUT2D eigenvalue weighted by Crippen LogP contribution is -2.07. The highest BCUT2D eigenvalue weighted by atomic mass is 35.5. The van der Waals surface area contributed by atoms with Gasteiger partial charge < -0.3 is 5.32 Å². The van der Waals surface area contributed by atoms with Gasteiger partial charge in [-0.05, 0) is 48.9 Å². The molecule has 0 bridgehead atoms. The highest BCUT2D eigenvalue weighted by molar-refractivity contribution is 6.31. The first-order chi connectivity index (χ1) is 8.61. The van der Waals surface area contributed by atoms with Crippen molar-refractivity contribution in [3.63, 3.8) is 0 Å². The number of nitrogens with one attached hydrogen (secondary N) is 1. The van der Waals surface area contributed by atoms with E-state index >= 15 is 0 Å². The van der Waals surface area contributed by atoms with Gasteiger partial charge in [-0.2, -0.15) is 0 Å². The summed E-state index contributed by atoms with van der Waals surface area (Å²) in [5.41, 5.74) is 3.68. The highest BCUT2D eigenvalue weighted by Gasteiger charge is 2.06. The maximum absolute atomic E-state index is 13.5. The Bertz CT molecular complexity index is 566. The molecule has 0 amide bonds. The van der Waals surface area contributed by atoms with E-state index in [9.17, 15) is 4.39 Å². The van der Waals surface area contributed by atoms with Crippen molar-refractivity contribution in [3.05, 3.63) is 58.4 Å². The average Bonchev–Trinajstić information content (AvgIpc) is 2.36. The molecule has 0 aliphatic heterocycles. The monoisotopic (exact) mass is 263 g/mol. The molecule has 18 heavy (non-hydrogen) atoms. The predicted octanol–water partition coefficient (Wildman–Crippen LogP) is 4.17. The van der Waals surface area contributed by atoms with Crippen LogP contribution < -0.4 is 5.32 Å². The van der Waals surface area contributed by atoms with Crippen LogP contribution in [0, 0.1) is 12.7 Å². The van der Waals surface area contributed by atoms with Gasteiger partial charge in [-0.15, -0.1) is 0 Å². The molecule has 0 aliphatic rings. The van der Waals surface area contributed by atoms with Crippen LogP contribution in [0.1, 0.15) is 11.1 Å². The normalized spacial score (nSPS) is 10.7. The molecule has 0 saturated heterocycles.